The van der Waals surface area contributed by atoms with Gasteiger partial charge in [0.1, 0.15) is 12.0 Å². The molecule has 0 unspecified atom stereocenters. The van der Waals surface area contributed by atoms with Gasteiger partial charge >= 0.3 is 0 Å². The van der Waals surface area contributed by atoms with Crippen LogP contribution < -0.4 is 0 Å². The molecule has 0 amide bonds. The summed E-state index contributed by atoms with van der Waals surface area (Å²) in [6.45, 7) is 0. The van der Waals surface area contributed by atoms with Crippen molar-refractivity contribution in [2.45, 2.75) is 25.7 Å². The van der Waals surface area contributed by atoms with Crippen LogP contribution in [0, 0.1) is 3.57 Å². The van der Waals surface area contributed by atoms with Crippen molar-refractivity contribution < 1.29 is 4.52 Å². The number of nitrogens with zero attached hydrogens (tertiary/aromatic N) is 1. The summed E-state index contributed by atoms with van der Waals surface area (Å²) in [5, 5.41) is 3.99. The van der Waals surface area contributed by atoms with Crippen LogP contribution in [-0.2, 0) is 0 Å². The molecule has 0 atom stereocenters. The minimum atomic E-state index is 1.05. The zero-order valence-corrected chi connectivity index (χ0v) is 8.87. The first-order chi connectivity index (χ1) is 5.88. The molecule has 0 bridgehead atoms. The van der Waals surface area contributed by atoms with Crippen LogP contribution >= 0.6 is 22.6 Å². The predicted octanol–water partition coefficient (Wildman–Crippen LogP) is 3.24. The van der Waals surface area contributed by atoms with Gasteiger partial charge in [0.15, 0.2) is 0 Å². The molecule has 2 nitrogen and oxygen atoms in total. The van der Waals surface area contributed by atoms with E-state index in [0.29, 0.717) is 0 Å². The fourth-order valence-corrected chi connectivity index (χ4v) is 2.05. The Balaban J connectivity index is 2.29. The third-order valence-electron chi connectivity index (χ3n) is 2.12. The van der Waals surface area contributed by atoms with Gasteiger partial charge in [-0.15, -0.1) is 0 Å². The Morgan fingerprint density at radius 2 is 2.33 bits per heavy atom. The summed E-state index contributed by atoms with van der Waals surface area (Å²) in [4.78, 5) is 0. The van der Waals surface area contributed by atoms with Crippen molar-refractivity contribution in [3.8, 4) is 0 Å². The molecule has 0 spiro atoms. The van der Waals surface area contributed by atoms with Gasteiger partial charge in [0.25, 0.3) is 0 Å². The molecule has 0 saturated carbocycles. The van der Waals surface area contributed by atoms with E-state index in [1.807, 2.05) is 0 Å². The summed E-state index contributed by atoms with van der Waals surface area (Å²) in [6, 6.07) is 0. The first kappa shape index (κ1) is 8.29. The largest absolute Gasteiger partial charge is 0.363 e. The smallest absolute Gasteiger partial charge is 0.137 e. The first-order valence-electron chi connectivity index (χ1n) is 4.17. The average Bonchev–Trinajstić information content (AvgIpc) is 2.53. The van der Waals surface area contributed by atoms with E-state index < -0.39 is 0 Å². The van der Waals surface area contributed by atoms with Gasteiger partial charge in [0.2, 0.25) is 0 Å². The molecule has 64 valence electrons. The quantitative estimate of drug-likeness (QED) is 0.735. The molecular weight excluding hydrogens is 265 g/mol. The van der Waals surface area contributed by atoms with Crippen LogP contribution in [0.4, 0.5) is 0 Å². The molecule has 0 fully saturated rings. The van der Waals surface area contributed by atoms with Gasteiger partial charge in [-0.25, -0.2) is 0 Å². The lowest BCUT2D eigenvalue weighted by Crippen LogP contribution is -1.93. The molecular formula is C9H10INO. The second-order valence-corrected chi connectivity index (χ2v) is 4.15. The molecule has 1 aliphatic carbocycles. The van der Waals surface area contributed by atoms with Gasteiger partial charge < -0.3 is 4.52 Å². The van der Waals surface area contributed by atoms with Crippen LogP contribution in [0.3, 0.4) is 0 Å². The normalized spacial score (nSPS) is 17.6. The zero-order valence-electron chi connectivity index (χ0n) is 6.72. The second kappa shape index (κ2) is 3.60. The molecule has 1 aromatic rings. The Morgan fingerprint density at radius 3 is 2.92 bits per heavy atom. The van der Waals surface area contributed by atoms with E-state index in [0.717, 1.165) is 15.7 Å². The molecule has 1 aliphatic rings. The molecule has 3 heteroatoms. The van der Waals surface area contributed by atoms with Gasteiger partial charge in [0, 0.05) is 0 Å². The summed E-state index contributed by atoms with van der Waals surface area (Å²) < 4.78 is 6.03. The highest BCUT2D eigenvalue weighted by Gasteiger charge is 2.12. The first-order valence-corrected chi connectivity index (χ1v) is 5.25. The van der Waals surface area contributed by atoms with E-state index in [1.54, 1.807) is 6.26 Å². The van der Waals surface area contributed by atoms with E-state index in [-0.39, 0.29) is 0 Å². The number of rotatable bonds is 1. The van der Waals surface area contributed by atoms with E-state index in [9.17, 15) is 0 Å². The lowest BCUT2D eigenvalue weighted by atomic mass is 9.97. The van der Waals surface area contributed by atoms with Crippen molar-refractivity contribution in [3.63, 3.8) is 0 Å². The van der Waals surface area contributed by atoms with Crippen LogP contribution in [0.25, 0.3) is 5.57 Å². The number of hydrogen-bond donors (Lipinski definition) is 0. The van der Waals surface area contributed by atoms with E-state index >= 15 is 0 Å². The second-order valence-electron chi connectivity index (χ2n) is 2.99. The fourth-order valence-electron chi connectivity index (χ4n) is 1.49. The SMILES string of the molecule is Ic1conc1C1=CCCCC1. The zero-order chi connectivity index (χ0) is 8.39. The van der Waals surface area contributed by atoms with Crippen molar-refractivity contribution in [3.05, 3.63) is 21.6 Å². The Kier molecular flexibility index (Phi) is 2.48. The highest BCUT2D eigenvalue weighted by atomic mass is 127. The van der Waals surface area contributed by atoms with Gasteiger partial charge in [-0.05, 0) is 53.8 Å². The fraction of sp³-hybridized carbons (Fsp3) is 0.444. The molecule has 12 heavy (non-hydrogen) atoms. The molecule has 1 aromatic heterocycles. The minimum Gasteiger partial charge on any atom is -0.363 e. The highest BCUT2D eigenvalue weighted by Crippen LogP contribution is 2.28. The van der Waals surface area contributed by atoms with Crippen LogP contribution in [0.5, 0.6) is 0 Å². The van der Waals surface area contributed by atoms with E-state index in [4.69, 9.17) is 4.52 Å². The van der Waals surface area contributed by atoms with E-state index in [2.05, 4.69) is 33.8 Å². The molecule has 0 aromatic carbocycles. The highest BCUT2D eigenvalue weighted by molar-refractivity contribution is 14.1. The third-order valence-corrected chi connectivity index (χ3v) is 2.89. The van der Waals surface area contributed by atoms with Crippen molar-refractivity contribution in [1.82, 2.24) is 5.16 Å². The maximum atomic E-state index is 4.90. The Hall–Kier alpha value is -0.320. The lowest BCUT2D eigenvalue weighted by molar-refractivity contribution is 0.416. The lowest BCUT2D eigenvalue weighted by Gasteiger charge is -2.09. The Morgan fingerprint density at radius 1 is 1.42 bits per heavy atom. The summed E-state index contributed by atoms with van der Waals surface area (Å²) in [6.07, 6.45) is 8.93. The van der Waals surface area contributed by atoms with Crippen LogP contribution in [0.1, 0.15) is 31.4 Å². The minimum absolute atomic E-state index is 1.05. The van der Waals surface area contributed by atoms with Gasteiger partial charge in [0.05, 0.1) is 3.57 Å². The van der Waals surface area contributed by atoms with E-state index in [1.165, 1.54) is 24.8 Å². The number of allylic oxidation sites excluding steroid dienone is 2. The Bertz CT molecular complexity index is 303. The molecule has 0 aliphatic heterocycles. The topological polar surface area (TPSA) is 26.0 Å². The molecule has 2 rings (SSSR count). The molecule has 1 heterocycles. The third kappa shape index (κ3) is 1.55. The summed E-state index contributed by atoms with van der Waals surface area (Å²) in [5.41, 5.74) is 2.41. The van der Waals surface area contributed by atoms with Gasteiger partial charge in [-0.3, -0.25) is 0 Å². The monoisotopic (exact) mass is 275 g/mol. The predicted molar refractivity (Wildman–Crippen MR) is 55.7 cm³/mol. The maximum absolute atomic E-state index is 4.90. The van der Waals surface area contributed by atoms with Crippen LogP contribution in [0.15, 0.2) is 16.9 Å². The number of hydrogen-bond acceptors (Lipinski definition) is 2. The average molecular weight is 275 g/mol. The molecule has 0 saturated heterocycles. The van der Waals surface area contributed by atoms with Gasteiger partial charge in [-0.1, -0.05) is 11.2 Å². The Labute approximate surface area is 85.2 Å². The van der Waals surface area contributed by atoms with Crippen molar-refractivity contribution >= 4 is 28.2 Å². The maximum Gasteiger partial charge on any atom is 0.137 e. The van der Waals surface area contributed by atoms with Crippen molar-refractivity contribution in [1.29, 1.82) is 0 Å². The number of halogens is 1. The summed E-state index contributed by atoms with van der Waals surface area (Å²) >= 11 is 2.26. The van der Waals surface area contributed by atoms with Crippen LogP contribution in [-0.4, -0.2) is 5.16 Å². The molecule has 0 N–H and O–H groups in total. The summed E-state index contributed by atoms with van der Waals surface area (Å²) in [7, 11) is 0. The van der Waals surface area contributed by atoms with Crippen LogP contribution in [0.2, 0.25) is 0 Å². The number of aromatic nitrogens is 1. The van der Waals surface area contributed by atoms with Crippen molar-refractivity contribution in [2.75, 3.05) is 0 Å². The van der Waals surface area contributed by atoms with Crippen molar-refractivity contribution in [2.24, 2.45) is 0 Å². The summed E-state index contributed by atoms with van der Waals surface area (Å²) in [5.74, 6) is 0. The standard InChI is InChI=1S/C9H10INO/c10-8-6-12-11-9(8)7-4-2-1-3-5-7/h4,6H,1-3,5H2. The van der Waals surface area contributed by atoms with Gasteiger partial charge in [-0.2, -0.15) is 0 Å². The molecule has 0 radical (unpaired) electrons.